The van der Waals surface area contributed by atoms with Crippen LogP contribution in [0.15, 0.2) is 109 Å². The molecule has 3 heterocycles. The van der Waals surface area contributed by atoms with E-state index in [1.807, 2.05) is 88.4 Å². The van der Waals surface area contributed by atoms with Crippen molar-refractivity contribution in [2.24, 2.45) is 0 Å². The van der Waals surface area contributed by atoms with Crippen molar-refractivity contribution in [3.63, 3.8) is 0 Å². The molecule has 0 radical (unpaired) electrons. The van der Waals surface area contributed by atoms with E-state index >= 15 is 0 Å². The smallest absolute Gasteiger partial charge is 0.341 e. The van der Waals surface area contributed by atoms with Gasteiger partial charge in [0.05, 0.1) is 37.9 Å². The highest BCUT2D eigenvalue weighted by atomic mass is 35.5. The SMILES string of the molecule is CC(C)Oc1ccc(/C(=C\C2(/C=C(\c3ccc(OC(C)C)cc3)c3ccc(N4CCNCC4)cc3)OC(=O)c3c(Cl)c(Cl)c(Cl)c(Cl)c32)c2ccc(N3CCNCC3)cc2)cc1. The molecule has 0 aliphatic carbocycles. The van der Waals surface area contributed by atoms with Crippen LogP contribution in [0.25, 0.3) is 11.1 Å². The fourth-order valence-corrected chi connectivity index (χ4v) is 9.38. The topological polar surface area (TPSA) is 75.3 Å². The van der Waals surface area contributed by atoms with Gasteiger partial charge in [-0.1, -0.05) is 94.9 Å². The van der Waals surface area contributed by atoms with Gasteiger partial charge in [-0.2, -0.15) is 0 Å². The summed E-state index contributed by atoms with van der Waals surface area (Å²) in [5, 5.41) is 6.91. The predicted molar refractivity (Wildman–Crippen MR) is 255 cm³/mol. The first-order chi connectivity index (χ1) is 29.9. The van der Waals surface area contributed by atoms with Crippen molar-refractivity contribution >= 4 is 74.9 Å². The van der Waals surface area contributed by atoms with E-state index < -0.39 is 11.6 Å². The molecule has 0 aromatic heterocycles. The van der Waals surface area contributed by atoms with E-state index in [-0.39, 0.29) is 37.9 Å². The standard InChI is InChI=1S/C50H50Cl4N4O4/c1-31(2)60-39-17-9-35(10-18-39)41(33-5-13-37(14-6-33)57-25-21-55-22-26-57)29-50(44-43(49(59)62-50)45(51)47(53)48(54)46(44)52)30-42(36-11-19-40(20-12-36)61-32(3)4)34-7-15-38(16-8-34)58-27-23-56-24-28-58/h5-20,29-32,55-56H,21-28H2,1-4H3/b41-29-,42-30-. The zero-order chi connectivity index (χ0) is 43.5. The molecule has 5 aromatic carbocycles. The van der Waals surface area contributed by atoms with E-state index in [2.05, 4.69) is 69.0 Å². The molecule has 62 heavy (non-hydrogen) atoms. The van der Waals surface area contributed by atoms with Crippen LogP contribution < -0.4 is 29.9 Å². The third kappa shape index (κ3) is 9.33. The van der Waals surface area contributed by atoms with Crippen LogP contribution >= 0.6 is 46.4 Å². The number of anilines is 2. The number of carbonyl (C=O) groups excluding carboxylic acids is 1. The Labute approximate surface area is 384 Å². The van der Waals surface area contributed by atoms with Crippen LogP contribution in [0, 0.1) is 0 Å². The number of rotatable bonds is 12. The molecule has 2 fully saturated rings. The molecule has 0 amide bonds. The Bertz CT molecular complexity index is 2330. The molecule has 0 atom stereocenters. The molecular weight excluding hydrogens is 862 g/mol. The molecule has 8 rings (SSSR count). The summed E-state index contributed by atoms with van der Waals surface area (Å²) >= 11 is 27.7. The van der Waals surface area contributed by atoms with Crippen LogP contribution in [-0.2, 0) is 10.3 Å². The zero-order valence-electron chi connectivity index (χ0n) is 35.2. The van der Waals surface area contributed by atoms with E-state index in [1.165, 1.54) is 0 Å². The van der Waals surface area contributed by atoms with Crippen molar-refractivity contribution in [2.45, 2.75) is 45.5 Å². The fraction of sp³-hybridized carbons (Fsp3) is 0.300. The van der Waals surface area contributed by atoms with Gasteiger partial charge in [-0.3, -0.25) is 0 Å². The predicted octanol–water partition coefficient (Wildman–Crippen LogP) is 11.3. The molecule has 0 unspecified atom stereocenters. The molecule has 322 valence electrons. The summed E-state index contributed by atoms with van der Waals surface area (Å²) in [6, 6.07) is 32.8. The lowest BCUT2D eigenvalue weighted by Gasteiger charge is -2.30. The van der Waals surface area contributed by atoms with Gasteiger partial charge in [0.1, 0.15) is 11.5 Å². The number of benzene rings is 5. The molecule has 0 spiro atoms. The minimum Gasteiger partial charge on any atom is -0.491 e. The maximum Gasteiger partial charge on any atom is 0.341 e. The average Bonchev–Trinajstić information content (AvgIpc) is 3.58. The van der Waals surface area contributed by atoms with Gasteiger partial charge in [-0.05, 0) is 122 Å². The van der Waals surface area contributed by atoms with E-state index in [4.69, 9.17) is 60.6 Å². The lowest BCUT2D eigenvalue weighted by molar-refractivity contribution is 0.0300. The monoisotopic (exact) mass is 910 g/mol. The number of piperazine rings is 2. The highest BCUT2D eigenvalue weighted by molar-refractivity contribution is 6.53. The minimum absolute atomic E-state index is 0.00461. The molecule has 8 nitrogen and oxygen atoms in total. The number of hydrogen-bond donors (Lipinski definition) is 2. The number of hydrogen-bond acceptors (Lipinski definition) is 8. The molecule has 2 N–H and O–H groups in total. The van der Waals surface area contributed by atoms with Gasteiger partial charge in [0.15, 0.2) is 5.60 Å². The normalized spacial score (nSPS) is 16.8. The number of fused-ring (bicyclic) bond motifs is 1. The average molecular weight is 913 g/mol. The number of esters is 1. The van der Waals surface area contributed by atoms with Crippen LogP contribution in [0.4, 0.5) is 11.4 Å². The van der Waals surface area contributed by atoms with Crippen LogP contribution in [0.5, 0.6) is 11.5 Å². The quantitative estimate of drug-likeness (QED) is 0.0728. The molecule has 0 bridgehead atoms. The lowest BCUT2D eigenvalue weighted by Crippen LogP contribution is -2.43. The first-order valence-corrected chi connectivity index (χ1v) is 22.6. The number of halogens is 4. The molecule has 3 aliphatic rings. The van der Waals surface area contributed by atoms with Gasteiger partial charge in [-0.25, -0.2) is 4.79 Å². The molecule has 2 saturated heterocycles. The second-order valence-electron chi connectivity index (χ2n) is 16.3. The summed E-state index contributed by atoms with van der Waals surface area (Å²) in [5.74, 6) is 0.787. The molecule has 5 aromatic rings. The Morgan fingerprint density at radius 3 is 1.29 bits per heavy atom. The van der Waals surface area contributed by atoms with Gasteiger partial charge in [0, 0.05) is 69.3 Å². The van der Waals surface area contributed by atoms with E-state index in [9.17, 15) is 4.79 Å². The second-order valence-corrected chi connectivity index (χ2v) is 17.8. The Morgan fingerprint density at radius 2 is 0.919 bits per heavy atom. The van der Waals surface area contributed by atoms with Crippen LogP contribution in [0.1, 0.15) is 65.9 Å². The van der Waals surface area contributed by atoms with E-state index in [0.29, 0.717) is 5.56 Å². The molecule has 12 heteroatoms. The van der Waals surface area contributed by atoms with E-state index in [1.54, 1.807) is 0 Å². The summed E-state index contributed by atoms with van der Waals surface area (Å²) in [4.78, 5) is 19.1. The molecule has 0 saturated carbocycles. The number of nitrogens with one attached hydrogen (secondary N) is 2. The van der Waals surface area contributed by atoms with Crippen molar-refractivity contribution in [2.75, 3.05) is 62.2 Å². The number of ether oxygens (including phenoxy) is 3. The summed E-state index contributed by atoms with van der Waals surface area (Å²) in [7, 11) is 0. The summed E-state index contributed by atoms with van der Waals surface area (Å²) < 4.78 is 18.8. The number of nitrogens with zero attached hydrogens (tertiary/aromatic N) is 2. The van der Waals surface area contributed by atoms with Gasteiger partial charge in [0.2, 0.25) is 0 Å². The van der Waals surface area contributed by atoms with Crippen molar-refractivity contribution in [3.05, 3.63) is 163 Å². The maximum atomic E-state index is 14.4. The van der Waals surface area contributed by atoms with Gasteiger partial charge < -0.3 is 34.6 Å². The Balaban J connectivity index is 1.38. The highest BCUT2D eigenvalue weighted by Gasteiger charge is 2.48. The van der Waals surface area contributed by atoms with Crippen molar-refractivity contribution in [3.8, 4) is 11.5 Å². The number of cyclic esters (lactones) is 1. The van der Waals surface area contributed by atoms with Gasteiger partial charge in [0.25, 0.3) is 0 Å². The molecular formula is C50H50Cl4N4O4. The Kier molecular flexibility index (Phi) is 13.5. The fourth-order valence-electron chi connectivity index (χ4n) is 8.31. The Morgan fingerprint density at radius 1 is 0.565 bits per heavy atom. The summed E-state index contributed by atoms with van der Waals surface area (Å²) in [6.07, 6.45) is 3.89. The largest absolute Gasteiger partial charge is 0.491 e. The number of carbonyl (C=O) groups is 1. The van der Waals surface area contributed by atoms with Crippen LogP contribution in [0.3, 0.4) is 0 Å². The van der Waals surface area contributed by atoms with Crippen molar-refractivity contribution < 1.29 is 19.0 Å². The third-order valence-corrected chi connectivity index (χ3v) is 13.0. The first kappa shape index (κ1) is 44.0. The van der Waals surface area contributed by atoms with Crippen LogP contribution in [-0.4, -0.2) is 70.5 Å². The third-order valence-electron chi connectivity index (χ3n) is 11.2. The highest BCUT2D eigenvalue weighted by Crippen LogP contribution is 2.53. The van der Waals surface area contributed by atoms with Crippen molar-refractivity contribution in [1.82, 2.24) is 10.6 Å². The zero-order valence-corrected chi connectivity index (χ0v) is 38.3. The van der Waals surface area contributed by atoms with Gasteiger partial charge in [-0.15, -0.1) is 0 Å². The van der Waals surface area contributed by atoms with E-state index in [0.717, 1.165) is 109 Å². The lowest BCUT2D eigenvalue weighted by atomic mass is 9.83. The summed E-state index contributed by atoms with van der Waals surface area (Å²) in [5.41, 5.74) is 5.98. The minimum atomic E-state index is -1.65. The maximum absolute atomic E-state index is 14.4. The Hall–Kier alpha value is -4.67. The first-order valence-electron chi connectivity index (χ1n) is 21.1. The van der Waals surface area contributed by atoms with Crippen molar-refractivity contribution in [1.29, 1.82) is 0 Å². The van der Waals surface area contributed by atoms with Gasteiger partial charge >= 0.3 is 5.97 Å². The summed E-state index contributed by atoms with van der Waals surface area (Å²) in [6.45, 7) is 15.3. The molecule has 3 aliphatic heterocycles. The second kappa shape index (κ2) is 19.0. The van der Waals surface area contributed by atoms with Crippen LogP contribution in [0.2, 0.25) is 20.1 Å².